The molecule has 0 atom stereocenters. The molecule has 1 saturated carbocycles. The molecule has 16 heavy (non-hydrogen) atoms. The first kappa shape index (κ1) is 9.86. The van der Waals surface area contributed by atoms with Crippen LogP contribution in [0.3, 0.4) is 0 Å². The van der Waals surface area contributed by atoms with Crippen molar-refractivity contribution in [3.63, 3.8) is 0 Å². The van der Waals surface area contributed by atoms with Crippen LogP contribution in [-0.4, -0.2) is 16.2 Å². The minimum absolute atomic E-state index is 0.269. The fourth-order valence-corrected chi connectivity index (χ4v) is 1.60. The molecule has 2 aromatic rings. The third-order valence-corrected chi connectivity index (χ3v) is 2.74. The van der Waals surface area contributed by atoms with E-state index in [0.717, 1.165) is 0 Å². The number of hydrogen-bond acceptors (Lipinski definition) is 5. The lowest BCUT2D eigenvalue weighted by atomic mass is 10.3. The Hall–Kier alpha value is -1.33. The van der Waals surface area contributed by atoms with Crippen molar-refractivity contribution in [1.29, 1.82) is 0 Å². The minimum Gasteiger partial charge on any atom is -0.452 e. The second-order valence-corrected chi connectivity index (χ2v) is 4.12. The highest BCUT2D eigenvalue weighted by atomic mass is 35.5. The molecule has 5 nitrogen and oxygen atoms in total. The maximum Gasteiger partial charge on any atom is 0.262 e. The smallest absolute Gasteiger partial charge is 0.262 e. The van der Waals surface area contributed by atoms with Crippen LogP contribution in [0.15, 0.2) is 21.3 Å². The molecule has 0 spiro atoms. The number of nitrogens with zero attached hydrogens (tertiary/aromatic N) is 2. The zero-order chi connectivity index (χ0) is 11.0. The van der Waals surface area contributed by atoms with Crippen LogP contribution in [-0.2, 0) is 6.54 Å². The summed E-state index contributed by atoms with van der Waals surface area (Å²) in [6, 6.07) is 2.33. The van der Waals surface area contributed by atoms with Gasteiger partial charge in [0.2, 0.25) is 5.22 Å². The van der Waals surface area contributed by atoms with Crippen molar-refractivity contribution in [2.45, 2.75) is 25.4 Å². The van der Waals surface area contributed by atoms with Crippen LogP contribution in [0, 0.1) is 0 Å². The lowest BCUT2D eigenvalue weighted by Crippen LogP contribution is -2.16. The van der Waals surface area contributed by atoms with Gasteiger partial charge in [0.25, 0.3) is 5.89 Å². The van der Waals surface area contributed by atoms with Crippen LogP contribution in [0.2, 0.25) is 5.22 Å². The minimum atomic E-state index is 0.269. The van der Waals surface area contributed by atoms with Crippen LogP contribution in [0.4, 0.5) is 0 Å². The van der Waals surface area contributed by atoms with E-state index >= 15 is 0 Å². The maximum absolute atomic E-state index is 5.81. The number of nitrogens with one attached hydrogen (secondary N) is 1. The monoisotopic (exact) mass is 239 g/mol. The predicted molar refractivity (Wildman–Crippen MR) is 56.9 cm³/mol. The molecule has 0 aromatic carbocycles. The predicted octanol–water partition coefficient (Wildman–Crippen LogP) is 2.24. The molecule has 0 bridgehead atoms. The Morgan fingerprint density at radius 1 is 1.50 bits per heavy atom. The molecule has 84 valence electrons. The van der Waals surface area contributed by atoms with E-state index in [1.165, 1.54) is 19.1 Å². The van der Waals surface area contributed by atoms with Crippen molar-refractivity contribution in [2.24, 2.45) is 0 Å². The number of furan rings is 1. The number of hydrogen-bond donors (Lipinski definition) is 1. The molecule has 0 radical (unpaired) electrons. The van der Waals surface area contributed by atoms with Crippen molar-refractivity contribution in [3.05, 3.63) is 23.4 Å². The third-order valence-electron chi connectivity index (χ3n) is 2.44. The Balaban J connectivity index is 1.74. The van der Waals surface area contributed by atoms with Gasteiger partial charge in [0.05, 0.1) is 18.4 Å². The SMILES string of the molecule is Clc1occc1-c1nc(CNC2CC2)no1. The standard InChI is InChI=1S/C10H10ClN3O2/c11-9-7(3-4-15-9)10-13-8(14-16-10)5-12-6-1-2-6/h3-4,6,12H,1-2,5H2. The molecule has 0 aliphatic heterocycles. The van der Waals surface area contributed by atoms with Gasteiger partial charge in [0, 0.05) is 6.04 Å². The van der Waals surface area contributed by atoms with Crippen molar-refractivity contribution >= 4 is 11.6 Å². The van der Waals surface area contributed by atoms with E-state index in [4.69, 9.17) is 20.5 Å². The summed E-state index contributed by atoms with van der Waals surface area (Å²) in [5.41, 5.74) is 0.631. The van der Waals surface area contributed by atoms with E-state index < -0.39 is 0 Å². The normalized spacial score (nSPS) is 15.6. The Morgan fingerprint density at radius 3 is 3.06 bits per heavy atom. The molecule has 0 amide bonds. The average Bonchev–Trinajstić information content (AvgIpc) is 2.82. The molecular weight excluding hydrogens is 230 g/mol. The molecule has 0 saturated heterocycles. The highest BCUT2D eigenvalue weighted by Gasteiger charge is 2.21. The second kappa shape index (κ2) is 3.92. The summed E-state index contributed by atoms with van der Waals surface area (Å²) in [7, 11) is 0. The van der Waals surface area contributed by atoms with Crippen LogP contribution in [0.5, 0.6) is 0 Å². The topological polar surface area (TPSA) is 64.1 Å². The second-order valence-electron chi connectivity index (χ2n) is 3.78. The van der Waals surface area contributed by atoms with Crippen molar-refractivity contribution in [2.75, 3.05) is 0 Å². The molecule has 2 aromatic heterocycles. The van der Waals surface area contributed by atoms with Gasteiger partial charge in [0.15, 0.2) is 5.82 Å². The fourth-order valence-electron chi connectivity index (χ4n) is 1.40. The molecule has 1 aliphatic rings. The zero-order valence-electron chi connectivity index (χ0n) is 8.44. The van der Waals surface area contributed by atoms with Gasteiger partial charge in [-0.15, -0.1) is 0 Å². The summed E-state index contributed by atoms with van der Waals surface area (Å²) < 4.78 is 10.1. The molecule has 1 aliphatic carbocycles. The third kappa shape index (κ3) is 1.96. The average molecular weight is 240 g/mol. The molecule has 2 heterocycles. The van der Waals surface area contributed by atoms with Crippen LogP contribution >= 0.6 is 11.6 Å². The molecule has 1 fully saturated rings. The van der Waals surface area contributed by atoms with Gasteiger partial charge in [-0.3, -0.25) is 0 Å². The summed E-state index contributed by atoms with van der Waals surface area (Å²) in [5, 5.41) is 7.44. The lowest BCUT2D eigenvalue weighted by molar-refractivity contribution is 0.418. The van der Waals surface area contributed by atoms with E-state index in [1.54, 1.807) is 6.07 Å². The van der Waals surface area contributed by atoms with Crippen molar-refractivity contribution in [3.8, 4) is 11.5 Å². The summed E-state index contributed by atoms with van der Waals surface area (Å²) in [6.07, 6.45) is 3.96. The van der Waals surface area contributed by atoms with Gasteiger partial charge in [-0.25, -0.2) is 0 Å². The van der Waals surface area contributed by atoms with Gasteiger partial charge in [-0.1, -0.05) is 5.16 Å². The van der Waals surface area contributed by atoms with E-state index in [0.29, 0.717) is 29.9 Å². The van der Waals surface area contributed by atoms with E-state index in [9.17, 15) is 0 Å². The fraction of sp³-hybridized carbons (Fsp3) is 0.400. The number of aromatic nitrogens is 2. The van der Waals surface area contributed by atoms with Crippen LogP contribution in [0.25, 0.3) is 11.5 Å². The first-order valence-electron chi connectivity index (χ1n) is 5.12. The van der Waals surface area contributed by atoms with E-state index in [-0.39, 0.29) is 5.22 Å². The van der Waals surface area contributed by atoms with Gasteiger partial charge in [-0.2, -0.15) is 4.98 Å². The van der Waals surface area contributed by atoms with Gasteiger partial charge < -0.3 is 14.3 Å². The molecule has 1 N–H and O–H groups in total. The van der Waals surface area contributed by atoms with Crippen LogP contribution < -0.4 is 5.32 Å². The highest BCUT2D eigenvalue weighted by molar-refractivity contribution is 6.31. The largest absolute Gasteiger partial charge is 0.452 e. The summed E-state index contributed by atoms with van der Waals surface area (Å²) >= 11 is 5.81. The number of halogens is 1. The first-order chi connectivity index (χ1) is 7.83. The Labute approximate surface area is 96.8 Å². The lowest BCUT2D eigenvalue weighted by Gasteiger charge is -1.94. The van der Waals surface area contributed by atoms with Gasteiger partial charge in [0.1, 0.15) is 0 Å². The van der Waals surface area contributed by atoms with Crippen molar-refractivity contribution in [1.82, 2.24) is 15.5 Å². The van der Waals surface area contributed by atoms with Crippen molar-refractivity contribution < 1.29 is 8.94 Å². The first-order valence-corrected chi connectivity index (χ1v) is 5.50. The van der Waals surface area contributed by atoms with E-state index in [1.807, 2.05) is 0 Å². The highest BCUT2D eigenvalue weighted by Crippen LogP contribution is 2.27. The molecular formula is C10H10ClN3O2. The Bertz CT molecular complexity index is 490. The zero-order valence-corrected chi connectivity index (χ0v) is 9.20. The van der Waals surface area contributed by atoms with E-state index in [2.05, 4.69) is 15.5 Å². The van der Waals surface area contributed by atoms with Gasteiger partial charge in [-0.05, 0) is 30.5 Å². The summed E-state index contributed by atoms with van der Waals surface area (Å²) in [5.74, 6) is 1.03. The number of rotatable bonds is 4. The van der Waals surface area contributed by atoms with Crippen LogP contribution in [0.1, 0.15) is 18.7 Å². The Kier molecular flexibility index (Phi) is 2.41. The summed E-state index contributed by atoms with van der Waals surface area (Å²) in [4.78, 5) is 4.23. The van der Waals surface area contributed by atoms with Gasteiger partial charge >= 0.3 is 0 Å². The summed E-state index contributed by atoms with van der Waals surface area (Å²) in [6.45, 7) is 0.629. The Morgan fingerprint density at radius 2 is 2.38 bits per heavy atom. The molecule has 3 rings (SSSR count). The maximum atomic E-state index is 5.81. The molecule has 0 unspecified atom stereocenters. The quantitative estimate of drug-likeness (QED) is 0.887. The molecule has 6 heteroatoms.